The van der Waals surface area contributed by atoms with Gasteiger partial charge in [-0.3, -0.25) is 28.7 Å². The number of ketones is 3. The zero-order valence-corrected chi connectivity index (χ0v) is 56.8. The first kappa shape index (κ1) is 77.1. The average Bonchev–Trinajstić information content (AvgIpc) is 0.744. The van der Waals surface area contributed by atoms with Gasteiger partial charge in [0.2, 0.25) is 5.36 Å². The first-order valence-electron chi connectivity index (χ1n) is 33.1. The molecule has 0 aromatic heterocycles. The Bertz CT molecular complexity index is 3420. The molecule has 7 rings (SSSR count). The molecule has 3 aromatic rings. The lowest BCUT2D eigenvalue weighted by Gasteiger charge is -2.36. The summed E-state index contributed by atoms with van der Waals surface area (Å²) in [5, 5.41) is 14.6. The predicted octanol–water partition coefficient (Wildman–Crippen LogP) is 7.66. The third-order valence-electron chi connectivity index (χ3n) is 16.5. The third kappa shape index (κ3) is 28.4. The van der Waals surface area contributed by atoms with Crippen molar-refractivity contribution >= 4 is 72.3 Å². The summed E-state index contributed by atoms with van der Waals surface area (Å²) in [6.07, 6.45) is 10.6. The number of hydrogen-bond acceptors (Lipinski definition) is 20. The highest BCUT2D eigenvalue weighted by molar-refractivity contribution is 7.85. The highest BCUT2D eigenvalue weighted by atomic mass is 35.5. The Morgan fingerprint density at radius 2 is 1.18 bits per heavy atom. The molecule has 0 radical (unpaired) electrons. The van der Waals surface area contributed by atoms with Crippen LogP contribution >= 0.6 is 11.6 Å². The molecule has 0 amide bonds. The van der Waals surface area contributed by atoms with Crippen LogP contribution in [0.1, 0.15) is 133 Å². The number of unbranched alkanes of at least 4 members (excludes halogenated alkanes) is 5. The zero-order valence-electron chi connectivity index (χ0n) is 54.5. The lowest BCUT2D eigenvalue weighted by atomic mass is 9.88. The van der Waals surface area contributed by atoms with E-state index in [-0.39, 0.29) is 35.1 Å². The Hall–Kier alpha value is -5.87. The van der Waals surface area contributed by atoms with Crippen molar-refractivity contribution < 1.29 is 82.7 Å². The molecule has 3 aromatic carbocycles. The van der Waals surface area contributed by atoms with Crippen LogP contribution in [0.25, 0.3) is 33.4 Å². The van der Waals surface area contributed by atoms with Gasteiger partial charge in [0.1, 0.15) is 17.1 Å². The second-order valence-electron chi connectivity index (χ2n) is 23.4. The van der Waals surface area contributed by atoms with Crippen molar-refractivity contribution in [3.05, 3.63) is 106 Å². The number of benzene rings is 4. The number of nitrogens with zero attached hydrogens (tertiary/aromatic N) is 4. The van der Waals surface area contributed by atoms with Crippen molar-refractivity contribution in [2.75, 3.05) is 161 Å². The van der Waals surface area contributed by atoms with Gasteiger partial charge in [-0.05, 0) is 106 Å². The number of fused-ring (bicyclic) bond motifs is 2. The molecule has 0 saturated carbocycles. The maximum atomic E-state index is 13.9. The Morgan fingerprint density at radius 3 is 1.80 bits per heavy atom. The number of Topliss-reactive ketones (excluding diaryl/α,β-unsaturated/α-hetero) is 3. The summed E-state index contributed by atoms with van der Waals surface area (Å²) in [5.74, 6) is -0.301. The van der Waals surface area contributed by atoms with E-state index < -0.39 is 26.7 Å². The van der Waals surface area contributed by atoms with E-state index in [2.05, 4.69) is 32.3 Å². The predicted molar refractivity (Wildman–Crippen MR) is 359 cm³/mol. The Labute approximate surface area is 559 Å². The van der Waals surface area contributed by atoms with E-state index in [4.69, 9.17) is 61.6 Å². The summed E-state index contributed by atoms with van der Waals surface area (Å²) >= 11 is 5.71. The summed E-state index contributed by atoms with van der Waals surface area (Å²) in [4.78, 5) is 59.2. The molecule has 0 unspecified atom stereocenters. The topological polar surface area (TPSA) is 278 Å². The molecule has 3 heterocycles. The molecule has 25 heteroatoms. The SMILES string of the molecule is CCCCN1CC[N+](=c2ccc3c(-c4cc(C(=O)CCCOCCOCCOCCOCCC(=O)CCc5cccc(C(=O)CCCOCCOCCCCCCCl)c5)ccc4C(=O)[O-])c4ccc(N5CCN(CCCCS(=O)(=O)O)CC5)cc4oc-3c2)CC1.O=S(=O)=O. The molecule has 1 N–H and O–H groups in total. The molecular weight excluding hydrogens is 1270 g/mol. The molecule has 0 bridgehead atoms. The molecule has 94 heavy (non-hydrogen) atoms. The highest BCUT2D eigenvalue weighted by Crippen LogP contribution is 2.42. The Kier molecular flexibility index (Phi) is 35.6. The fourth-order valence-electron chi connectivity index (χ4n) is 11.3. The molecular formula is C69H95ClN4O18S2. The van der Waals surface area contributed by atoms with E-state index in [9.17, 15) is 32.7 Å². The number of carboxylic acids is 1. The smallest absolute Gasteiger partial charge is 0.425 e. The summed E-state index contributed by atoms with van der Waals surface area (Å²) in [5.41, 5.74) is 5.17. The van der Waals surface area contributed by atoms with Crippen molar-refractivity contribution in [3.63, 3.8) is 0 Å². The van der Waals surface area contributed by atoms with E-state index in [1.54, 1.807) is 12.1 Å². The fraction of sp³-hybridized carbons (Fsp3) is 0.580. The van der Waals surface area contributed by atoms with Crippen LogP contribution in [0.4, 0.5) is 5.69 Å². The molecule has 4 aliphatic rings. The van der Waals surface area contributed by atoms with Crippen LogP contribution in [0.3, 0.4) is 0 Å². The number of aromatic carboxylic acids is 1. The van der Waals surface area contributed by atoms with Crippen LogP contribution in [0.2, 0.25) is 0 Å². The number of carbonyl (C=O) groups is 4. The first-order chi connectivity index (χ1) is 45.5. The quantitative estimate of drug-likeness (QED) is 0.00977. The van der Waals surface area contributed by atoms with E-state index in [1.165, 1.54) is 12.5 Å². The number of carboxylic acid groups (broad SMARTS) is 1. The van der Waals surface area contributed by atoms with Gasteiger partial charge >= 0.3 is 10.6 Å². The van der Waals surface area contributed by atoms with Crippen LogP contribution in [-0.4, -0.2) is 215 Å². The molecule has 2 fully saturated rings. The van der Waals surface area contributed by atoms with Gasteiger partial charge in [0.15, 0.2) is 24.7 Å². The van der Waals surface area contributed by atoms with E-state index >= 15 is 0 Å². The lowest BCUT2D eigenvalue weighted by molar-refractivity contribution is -0.255. The largest absolute Gasteiger partial charge is 0.545 e. The summed E-state index contributed by atoms with van der Waals surface area (Å²) < 4.78 is 100.0. The van der Waals surface area contributed by atoms with Crippen LogP contribution in [0.15, 0.2) is 83.3 Å². The minimum Gasteiger partial charge on any atom is -0.545 e. The highest BCUT2D eigenvalue weighted by Gasteiger charge is 2.26. The number of carbonyl (C=O) groups excluding carboxylic acids is 4. The average molecular weight is 1370 g/mol. The summed E-state index contributed by atoms with van der Waals surface area (Å²) in [6, 6.07) is 24.2. The standard InChI is InChI=1S/C69H95ClN4O15S.O3S/c1-2-3-27-71-29-33-73(34-30-71)57-19-23-61-66(52-57)89-67-53-58(74-35-31-72(32-36-74)28-7-9-49-90(80,81)82)20-24-62(67)68(61)63-51-56(18-22-60(63)69(78)79)65(77)16-12-39-85-43-45-87-47-48-88-46-44-86-40-25-59(75)21-17-54-13-10-14-55(50-54)64(76)15-11-38-84-42-41-83-37-8-5-4-6-26-70;1-4(2)3/h10,13-14,18-20,22-24,50-53H,2-9,11-12,15-17,21,25-49H2,1H3,(H-,78,79,80,81,82);. The molecule has 3 aliphatic heterocycles. The molecule has 0 atom stereocenters. The molecule has 0 spiro atoms. The van der Waals surface area contributed by atoms with Gasteiger partial charge in [-0.1, -0.05) is 56.5 Å². The third-order valence-corrected chi connectivity index (χ3v) is 17.5. The number of halogens is 1. The Morgan fingerprint density at radius 1 is 0.596 bits per heavy atom. The van der Waals surface area contributed by atoms with Crippen molar-refractivity contribution in [3.8, 4) is 22.5 Å². The Balaban J connectivity index is 0.00000340. The fourth-order valence-corrected chi connectivity index (χ4v) is 12.1. The van der Waals surface area contributed by atoms with Crippen LogP contribution in [0.5, 0.6) is 0 Å². The molecule has 22 nitrogen and oxygen atoms in total. The monoisotopic (exact) mass is 1370 g/mol. The second-order valence-corrected chi connectivity index (χ2v) is 25.8. The molecule has 1 aliphatic carbocycles. The normalized spacial score (nSPS) is 13.9. The minimum atomic E-state index is -3.98. The number of piperazine rings is 2. The summed E-state index contributed by atoms with van der Waals surface area (Å²) in [6.45, 7) is 15.7. The lowest BCUT2D eigenvalue weighted by Crippen LogP contribution is -2.48. The van der Waals surface area contributed by atoms with Gasteiger partial charge in [0, 0.05) is 129 Å². The van der Waals surface area contributed by atoms with Crippen molar-refractivity contribution in [1.82, 2.24) is 14.4 Å². The first-order valence-corrected chi connectivity index (χ1v) is 36.2. The zero-order chi connectivity index (χ0) is 67.3. The molecule has 518 valence electrons. The van der Waals surface area contributed by atoms with Crippen molar-refractivity contribution in [1.29, 1.82) is 0 Å². The van der Waals surface area contributed by atoms with Gasteiger partial charge in [-0.2, -0.15) is 8.42 Å². The van der Waals surface area contributed by atoms with Crippen LogP contribution < -0.4 is 19.9 Å². The number of rotatable bonds is 45. The van der Waals surface area contributed by atoms with Gasteiger partial charge < -0.3 is 47.6 Å². The number of anilines is 1. The number of hydrogen-bond donors (Lipinski definition) is 1. The molecule has 2 saturated heterocycles. The van der Waals surface area contributed by atoms with E-state index in [0.717, 1.165) is 121 Å². The van der Waals surface area contributed by atoms with Gasteiger partial charge in [-0.25, -0.2) is 4.58 Å². The van der Waals surface area contributed by atoms with Gasteiger partial charge in [0.05, 0.1) is 90.3 Å². The van der Waals surface area contributed by atoms with Gasteiger partial charge in [-0.15, -0.1) is 24.2 Å². The maximum Gasteiger partial charge on any atom is 0.425 e. The number of ether oxygens (including phenoxy) is 6. The second kappa shape index (κ2) is 43.3. The van der Waals surface area contributed by atoms with E-state index in [0.29, 0.717) is 174 Å². The summed E-state index contributed by atoms with van der Waals surface area (Å²) in [7, 11) is -7.09. The van der Waals surface area contributed by atoms with Crippen molar-refractivity contribution in [2.45, 2.75) is 103 Å². The van der Waals surface area contributed by atoms with E-state index in [1.807, 2.05) is 54.6 Å². The van der Waals surface area contributed by atoms with Crippen LogP contribution in [0, 0.1) is 0 Å². The van der Waals surface area contributed by atoms with Gasteiger partial charge in [0.25, 0.3) is 10.1 Å². The number of aryl methyl sites for hydroxylation is 1. The minimum absolute atomic E-state index is 0.0375. The van der Waals surface area contributed by atoms with Crippen LogP contribution in [-0.2, 0) is 60.4 Å². The maximum absolute atomic E-state index is 13.9. The van der Waals surface area contributed by atoms with Crippen molar-refractivity contribution in [2.24, 2.45) is 0 Å². The number of alkyl halides is 1.